The second-order valence-electron chi connectivity index (χ2n) is 7.43. The molecule has 1 N–H and O–H groups in total. The van der Waals surface area contributed by atoms with E-state index in [2.05, 4.69) is 20.6 Å². The molecule has 0 aliphatic heterocycles. The van der Waals surface area contributed by atoms with Gasteiger partial charge in [0.15, 0.2) is 17.3 Å². The van der Waals surface area contributed by atoms with Crippen LogP contribution in [-0.4, -0.2) is 45.5 Å². The largest absolute Gasteiger partial charge is 0.490 e. The summed E-state index contributed by atoms with van der Waals surface area (Å²) in [7, 11) is 0. The Morgan fingerprint density at radius 3 is 2.24 bits per heavy atom. The number of hydrogen-bond donors (Lipinski definition) is 1. The number of carbonyl (C=O) groups excluding carboxylic acids is 1. The monoisotopic (exact) mass is 481 g/mol. The Bertz CT molecular complexity index is 1300. The van der Waals surface area contributed by atoms with Crippen LogP contribution in [-0.2, 0) is 0 Å². The smallest absolute Gasteiger partial charge is 0.255 e. The Hall–Kier alpha value is -3.66. The number of amides is 1. The number of carbonyl (C=O) groups is 1. The fraction of sp³-hybridized carbons (Fsp3) is 0.333. The zero-order chi connectivity index (χ0) is 24.2. The fourth-order valence-electron chi connectivity index (χ4n) is 3.48. The van der Waals surface area contributed by atoms with Crippen molar-refractivity contribution in [3.63, 3.8) is 0 Å². The minimum atomic E-state index is -0.268. The van der Waals surface area contributed by atoms with E-state index in [1.807, 2.05) is 52.8 Å². The molecule has 4 aromatic rings. The SMILES string of the molecule is CCOc1cc(C(=O)Nc2ccc(-c3nn4c(C)nnc4s3)cc2C)cc(OCC)c1OCC. The average Bonchev–Trinajstić information content (AvgIpc) is 3.39. The van der Waals surface area contributed by atoms with Crippen molar-refractivity contribution in [2.45, 2.75) is 34.6 Å². The summed E-state index contributed by atoms with van der Waals surface area (Å²) in [5.74, 6) is 1.93. The maximum Gasteiger partial charge on any atom is 0.255 e. The molecule has 10 heteroatoms. The van der Waals surface area contributed by atoms with Crippen molar-refractivity contribution in [2.75, 3.05) is 25.1 Å². The Morgan fingerprint density at radius 2 is 1.65 bits per heavy atom. The van der Waals surface area contributed by atoms with E-state index in [1.54, 1.807) is 16.6 Å². The maximum absolute atomic E-state index is 13.1. The second kappa shape index (κ2) is 10.1. The van der Waals surface area contributed by atoms with Gasteiger partial charge in [0.1, 0.15) is 5.01 Å². The van der Waals surface area contributed by atoms with Gasteiger partial charge in [0.2, 0.25) is 10.7 Å². The molecule has 2 aromatic heterocycles. The Kier molecular flexibility index (Phi) is 6.97. The lowest BCUT2D eigenvalue weighted by Gasteiger charge is -2.17. The summed E-state index contributed by atoms with van der Waals surface area (Å²) in [6.45, 7) is 10.8. The number of hydrogen-bond acceptors (Lipinski definition) is 8. The van der Waals surface area contributed by atoms with Crippen molar-refractivity contribution in [2.24, 2.45) is 0 Å². The fourth-order valence-corrected chi connectivity index (χ4v) is 4.36. The van der Waals surface area contributed by atoms with E-state index in [9.17, 15) is 4.79 Å². The molecule has 0 atom stereocenters. The zero-order valence-corrected chi connectivity index (χ0v) is 20.7. The van der Waals surface area contributed by atoms with Crippen LogP contribution in [0.1, 0.15) is 42.5 Å². The van der Waals surface area contributed by atoms with Crippen LogP contribution in [0.15, 0.2) is 30.3 Å². The summed E-state index contributed by atoms with van der Waals surface area (Å²) < 4.78 is 18.9. The highest BCUT2D eigenvalue weighted by atomic mass is 32.1. The molecule has 0 bridgehead atoms. The van der Waals surface area contributed by atoms with E-state index in [4.69, 9.17) is 14.2 Å². The summed E-state index contributed by atoms with van der Waals surface area (Å²) in [6.07, 6.45) is 0. The predicted octanol–water partition coefficient (Wildman–Crippen LogP) is 4.92. The number of nitrogens with zero attached hydrogens (tertiary/aromatic N) is 4. The van der Waals surface area contributed by atoms with Gasteiger partial charge in [0, 0.05) is 16.8 Å². The van der Waals surface area contributed by atoms with Gasteiger partial charge in [-0.15, -0.1) is 10.2 Å². The minimum Gasteiger partial charge on any atom is -0.490 e. The van der Waals surface area contributed by atoms with Gasteiger partial charge in [-0.25, -0.2) is 0 Å². The summed E-state index contributed by atoms with van der Waals surface area (Å²) in [4.78, 5) is 13.9. The normalized spacial score (nSPS) is 11.0. The van der Waals surface area contributed by atoms with Gasteiger partial charge in [-0.05, 0) is 70.5 Å². The molecule has 0 spiro atoms. The number of anilines is 1. The molecular formula is C24H27N5O4S. The lowest BCUT2D eigenvalue weighted by Crippen LogP contribution is -2.14. The highest BCUT2D eigenvalue weighted by molar-refractivity contribution is 7.19. The van der Waals surface area contributed by atoms with Crippen molar-refractivity contribution in [1.29, 1.82) is 0 Å². The van der Waals surface area contributed by atoms with Gasteiger partial charge in [-0.3, -0.25) is 4.79 Å². The van der Waals surface area contributed by atoms with Crippen molar-refractivity contribution in [3.05, 3.63) is 47.3 Å². The molecule has 0 aliphatic rings. The van der Waals surface area contributed by atoms with E-state index < -0.39 is 0 Å². The molecule has 2 aromatic carbocycles. The Labute approximate surface area is 201 Å². The van der Waals surface area contributed by atoms with Gasteiger partial charge in [0.05, 0.1) is 19.8 Å². The van der Waals surface area contributed by atoms with Crippen LogP contribution in [0, 0.1) is 13.8 Å². The van der Waals surface area contributed by atoms with Gasteiger partial charge in [-0.2, -0.15) is 9.61 Å². The predicted molar refractivity (Wildman–Crippen MR) is 131 cm³/mol. The summed E-state index contributed by atoms with van der Waals surface area (Å²) in [5.41, 5.74) is 2.99. The number of nitrogens with one attached hydrogen (secondary N) is 1. The molecule has 0 radical (unpaired) electrons. The van der Waals surface area contributed by atoms with Gasteiger partial charge >= 0.3 is 0 Å². The first-order chi connectivity index (χ1) is 16.4. The number of aryl methyl sites for hydroxylation is 2. The van der Waals surface area contributed by atoms with Crippen molar-refractivity contribution < 1.29 is 19.0 Å². The highest BCUT2D eigenvalue weighted by Gasteiger charge is 2.19. The van der Waals surface area contributed by atoms with Crippen LogP contribution >= 0.6 is 11.3 Å². The molecule has 0 aliphatic carbocycles. The van der Waals surface area contributed by atoms with E-state index in [-0.39, 0.29) is 5.91 Å². The van der Waals surface area contributed by atoms with Crippen LogP contribution in [0.2, 0.25) is 0 Å². The first kappa shape index (κ1) is 23.5. The van der Waals surface area contributed by atoms with E-state index in [0.717, 1.165) is 26.9 Å². The average molecular weight is 482 g/mol. The quantitative estimate of drug-likeness (QED) is 0.362. The number of aromatic nitrogens is 4. The molecule has 0 fully saturated rings. The van der Waals surface area contributed by atoms with Gasteiger partial charge in [0.25, 0.3) is 5.91 Å². The summed E-state index contributed by atoms with van der Waals surface area (Å²) in [6, 6.07) is 9.15. The van der Waals surface area contributed by atoms with Crippen LogP contribution in [0.4, 0.5) is 5.69 Å². The van der Waals surface area contributed by atoms with E-state index >= 15 is 0 Å². The highest BCUT2D eigenvalue weighted by Crippen LogP contribution is 2.39. The number of ether oxygens (including phenoxy) is 3. The molecular weight excluding hydrogens is 454 g/mol. The molecule has 0 saturated carbocycles. The van der Waals surface area contributed by atoms with E-state index in [1.165, 1.54) is 11.3 Å². The first-order valence-electron chi connectivity index (χ1n) is 11.1. The standard InChI is InChI=1S/C24H27N5O4S/c1-6-31-19-12-17(13-20(32-7-2)21(19)33-8-3)22(30)25-18-10-9-16(11-14(18)4)23-28-29-15(5)26-27-24(29)34-23/h9-13H,6-8H2,1-5H3,(H,25,30). The first-order valence-corrected chi connectivity index (χ1v) is 11.9. The Morgan fingerprint density at radius 1 is 0.971 bits per heavy atom. The maximum atomic E-state index is 13.1. The zero-order valence-electron chi connectivity index (χ0n) is 19.8. The van der Waals surface area contributed by atoms with Crippen LogP contribution in [0.25, 0.3) is 15.5 Å². The number of rotatable bonds is 9. The van der Waals surface area contributed by atoms with Crippen LogP contribution in [0.3, 0.4) is 0 Å². The Balaban J connectivity index is 1.60. The molecule has 1 amide bonds. The van der Waals surface area contributed by atoms with Gasteiger partial charge in [-0.1, -0.05) is 11.3 Å². The molecule has 4 rings (SSSR count). The van der Waals surface area contributed by atoms with Crippen molar-refractivity contribution in [3.8, 4) is 27.8 Å². The minimum absolute atomic E-state index is 0.268. The van der Waals surface area contributed by atoms with Crippen molar-refractivity contribution >= 4 is 27.9 Å². The topological polar surface area (TPSA) is 99.9 Å². The molecule has 34 heavy (non-hydrogen) atoms. The molecule has 178 valence electrons. The summed E-state index contributed by atoms with van der Waals surface area (Å²) in [5, 5.41) is 16.6. The molecule has 0 unspecified atom stereocenters. The van der Waals surface area contributed by atoms with Crippen LogP contribution in [0.5, 0.6) is 17.2 Å². The van der Waals surface area contributed by atoms with Crippen molar-refractivity contribution in [1.82, 2.24) is 19.8 Å². The number of fused-ring (bicyclic) bond motifs is 1. The number of benzene rings is 2. The lowest BCUT2D eigenvalue weighted by molar-refractivity contribution is 0.102. The van der Waals surface area contributed by atoms with E-state index in [0.29, 0.717) is 48.3 Å². The van der Waals surface area contributed by atoms with Gasteiger partial charge < -0.3 is 19.5 Å². The third-order valence-electron chi connectivity index (χ3n) is 5.04. The summed E-state index contributed by atoms with van der Waals surface area (Å²) >= 11 is 1.47. The second-order valence-corrected chi connectivity index (χ2v) is 8.39. The molecule has 2 heterocycles. The molecule has 0 saturated heterocycles. The van der Waals surface area contributed by atoms with Crippen LogP contribution < -0.4 is 19.5 Å². The third-order valence-corrected chi connectivity index (χ3v) is 5.99. The lowest BCUT2D eigenvalue weighted by atomic mass is 10.1. The third kappa shape index (κ3) is 4.67. The molecule has 9 nitrogen and oxygen atoms in total.